The molecule has 1 unspecified atom stereocenters. The summed E-state index contributed by atoms with van der Waals surface area (Å²) in [6, 6.07) is 5.82. The molecule has 0 N–H and O–H groups in total. The second-order valence-electron chi connectivity index (χ2n) is 5.55. The molecule has 4 nitrogen and oxygen atoms in total. The third-order valence-electron chi connectivity index (χ3n) is 2.66. The molecule has 19 heavy (non-hydrogen) atoms. The molecule has 1 atom stereocenters. The lowest BCUT2D eigenvalue weighted by Gasteiger charge is -2.14. The zero-order chi connectivity index (χ0) is 14.0. The minimum atomic E-state index is -1.21. The fraction of sp³-hybridized carbons (Fsp3) is 0.500. The van der Waals surface area contributed by atoms with Gasteiger partial charge in [0.25, 0.3) is 0 Å². The molecule has 104 valence electrons. The van der Waals surface area contributed by atoms with Crippen LogP contribution in [0.1, 0.15) is 33.3 Å². The maximum atomic E-state index is 11.9. The van der Waals surface area contributed by atoms with Gasteiger partial charge in [0, 0.05) is 12.1 Å². The number of hydrogen-bond acceptors (Lipinski definition) is 3. The predicted molar refractivity (Wildman–Crippen MR) is 77.3 cm³/mol. The van der Waals surface area contributed by atoms with Crippen LogP contribution < -0.4 is 9.47 Å². The first-order valence-corrected chi connectivity index (χ1v) is 7.31. The lowest BCUT2D eigenvalue weighted by atomic mass is 10.1. The topological polar surface area (TPSA) is 47.9 Å². The average molecular weight is 281 g/mol. The van der Waals surface area contributed by atoms with Crippen LogP contribution in [0, 0.1) is 0 Å². The van der Waals surface area contributed by atoms with Gasteiger partial charge in [-0.2, -0.15) is 4.40 Å². The highest BCUT2D eigenvalue weighted by Crippen LogP contribution is 2.32. The summed E-state index contributed by atoms with van der Waals surface area (Å²) in [5, 5.41) is 0. The Morgan fingerprint density at radius 2 is 2.00 bits per heavy atom. The van der Waals surface area contributed by atoms with Gasteiger partial charge in [0.1, 0.15) is 11.0 Å². The van der Waals surface area contributed by atoms with Gasteiger partial charge >= 0.3 is 0 Å². The van der Waals surface area contributed by atoms with Crippen LogP contribution in [-0.4, -0.2) is 21.5 Å². The number of hydrogen-bond donors (Lipinski definition) is 0. The number of rotatable bonds is 3. The second-order valence-corrected chi connectivity index (χ2v) is 7.46. The monoisotopic (exact) mass is 281 g/mol. The van der Waals surface area contributed by atoms with Crippen molar-refractivity contribution >= 4 is 16.7 Å². The molecule has 0 aliphatic carbocycles. The highest BCUT2D eigenvalue weighted by atomic mass is 32.2. The van der Waals surface area contributed by atoms with Crippen molar-refractivity contribution in [2.45, 2.75) is 38.9 Å². The Balaban J connectivity index is 2.09. The normalized spacial score (nSPS) is 16.5. The summed E-state index contributed by atoms with van der Waals surface area (Å²) in [6.07, 6.45) is 0.665. The van der Waals surface area contributed by atoms with Crippen molar-refractivity contribution in [3.05, 3.63) is 23.8 Å². The lowest BCUT2D eigenvalue weighted by molar-refractivity contribution is 0.174. The minimum Gasteiger partial charge on any atom is -0.454 e. The zero-order valence-corrected chi connectivity index (χ0v) is 12.5. The summed E-state index contributed by atoms with van der Waals surface area (Å²) in [7, 11) is -1.21. The van der Waals surface area contributed by atoms with Crippen molar-refractivity contribution < 1.29 is 13.7 Å². The molecule has 1 aliphatic rings. The van der Waals surface area contributed by atoms with Crippen molar-refractivity contribution in [3.8, 4) is 11.5 Å². The van der Waals surface area contributed by atoms with E-state index in [1.807, 2.05) is 45.9 Å². The van der Waals surface area contributed by atoms with Crippen molar-refractivity contribution in [2.75, 3.05) is 6.79 Å². The Labute approximate surface area is 116 Å². The van der Waals surface area contributed by atoms with Crippen LogP contribution in [0.3, 0.4) is 0 Å². The Bertz CT molecular complexity index is 532. The lowest BCUT2D eigenvalue weighted by Crippen LogP contribution is -2.20. The quantitative estimate of drug-likeness (QED) is 0.800. The maximum Gasteiger partial charge on any atom is 0.231 e. The van der Waals surface area contributed by atoms with E-state index in [1.165, 1.54) is 0 Å². The molecule has 5 heteroatoms. The van der Waals surface area contributed by atoms with Gasteiger partial charge in [-0.05, 0) is 45.4 Å². The van der Waals surface area contributed by atoms with E-state index in [4.69, 9.17) is 9.47 Å². The van der Waals surface area contributed by atoms with E-state index in [-0.39, 0.29) is 11.5 Å². The van der Waals surface area contributed by atoms with Crippen LogP contribution in [-0.2, 0) is 17.4 Å². The Morgan fingerprint density at radius 1 is 1.32 bits per heavy atom. The summed E-state index contributed by atoms with van der Waals surface area (Å²) in [4.78, 5) is 0. The van der Waals surface area contributed by atoms with E-state index in [0.717, 1.165) is 22.8 Å². The van der Waals surface area contributed by atoms with E-state index in [1.54, 1.807) is 0 Å². The molecule has 0 radical (unpaired) electrons. The third kappa shape index (κ3) is 3.56. The van der Waals surface area contributed by atoms with E-state index < -0.39 is 11.0 Å². The summed E-state index contributed by atoms with van der Waals surface area (Å²) >= 11 is 0. The largest absolute Gasteiger partial charge is 0.454 e. The standard InChI is InChI=1S/C14H19NO3S/c1-10(15-19(16)14(2,3)4)7-11-5-6-12-13(8-11)18-9-17-12/h5-6,8H,7,9H2,1-4H3/b15-10+. The van der Waals surface area contributed by atoms with Crippen molar-refractivity contribution in [3.63, 3.8) is 0 Å². The van der Waals surface area contributed by atoms with Crippen LogP contribution in [0.4, 0.5) is 0 Å². The summed E-state index contributed by atoms with van der Waals surface area (Å²) in [6.45, 7) is 7.93. The minimum absolute atomic E-state index is 0.278. The molecule has 1 heterocycles. The molecule has 1 aromatic rings. The third-order valence-corrected chi connectivity index (χ3v) is 4.18. The maximum absolute atomic E-state index is 11.9. The zero-order valence-electron chi connectivity index (χ0n) is 11.7. The van der Waals surface area contributed by atoms with Gasteiger partial charge in [-0.1, -0.05) is 6.07 Å². The molecule has 0 spiro atoms. The molecular formula is C14H19NO3S. The van der Waals surface area contributed by atoms with Gasteiger partial charge < -0.3 is 9.47 Å². The molecule has 0 saturated heterocycles. The van der Waals surface area contributed by atoms with E-state index in [9.17, 15) is 4.21 Å². The first kappa shape index (κ1) is 14.1. The highest BCUT2D eigenvalue weighted by molar-refractivity contribution is 7.85. The smallest absolute Gasteiger partial charge is 0.231 e. The van der Waals surface area contributed by atoms with E-state index in [2.05, 4.69) is 4.40 Å². The molecular weight excluding hydrogens is 262 g/mol. The fourth-order valence-electron chi connectivity index (χ4n) is 1.66. The van der Waals surface area contributed by atoms with Gasteiger partial charge in [-0.3, -0.25) is 0 Å². The molecule has 0 aromatic heterocycles. The Kier molecular flexibility index (Phi) is 3.94. The van der Waals surface area contributed by atoms with E-state index in [0.29, 0.717) is 6.42 Å². The summed E-state index contributed by atoms with van der Waals surface area (Å²) in [5.41, 5.74) is 1.93. The van der Waals surface area contributed by atoms with Crippen molar-refractivity contribution in [2.24, 2.45) is 4.40 Å². The highest BCUT2D eigenvalue weighted by Gasteiger charge is 2.19. The SMILES string of the molecule is C/C(Cc1ccc2c(c1)OCO2)=N\S(=O)C(C)(C)C. The summed E-state index contributed by atoms with van der Waals surface area (Å²) in [5.74, 6) is 1.54. The molecule has 2 rings (SSSR count). The summed E-state index contributed by atoms with van der Waals surface area (Å²) < 4.78 is 26.5. The first-order chi connectivity index (χ1) is 8.86. The van der Waals surface area contributed by atoms with Gasteiger partial charge in [-0.25, -0.2) is 4.21 Å². The predicted octanol–water partition coefficient (Wildman–Crippen LogP) is 2.88. The van der Waals surface area contributed by atoms with Crippen LogP contribution in [0.2, 0.25) is 0 Å². The fourth-order valence-corrected chi connectivity index (χ4v) is 2.28. The Morgan fingerprint density at radius 3 is 2.68 bits per heavy atom. The van der Waals surface area contributed by atoms with Crippen molar-refractivity contribution in [1.82, 2.24) is 0 Å². The van der Waals surface area contributed by atoms with Crippen LogP contribution >= 0.6 is 0 Å². The average Bonchev–Trinajstić information content (AvgIpc) is 2.74. The van der Waals surface area contributed by atoms with Crippen molar-refractivity contribution in [1.29, 1.82) is 0 Å². The first-order valence-electron chi connectivity index (χ1n) is 6.21. The van der Waals surface area contributed by atoms with E-state index >= 15 is 0 Å². The molecule has 1 aromatic carbocycles. The molecule has 0 amide bonds. The van der Waals surface area contributed by atoms with Gasteiger partial charge in [0.05, 0.1) is 4.75 Å². The van der Waals surface area contributed by atoms with Crippen LogP contribution in [0.5, 0.6) is 11.5 Å². The molecule has 1 aliphatic heterocycles. The molecule has 0 saturated carbocycles. The van der Waals surface area contributed by atoms with Crippen LogP contribution in [0.25, 0.3) is 0 Å². The molecule has 0 fully saturated rings. The Hall–Kier alpha value is -1.36. The number of nitrogens with zero attached hydrogens (tertiary/aromatic N) is 1. The number of ether oxygens (including phenoxy) is 2. The van der Waals surface area contributed by atoms with Gasteiger partial charge in [0.2, 0.25) is 6.79 Å². The van der Waals surface area contributed by atoms with Gasteiger partial charge in [0.15, 0.2) is 11.5 Å². The van der Waals surface area contributed by atoms with Crippen LogP contribution in [0.15, 0.2) is 22.6 Å². The number of benzene rings is 1. The second kappa shape index (κ2) is 5.33. The number of fused-ring (bicyclic) bond motifs is 1. The molecule has 0 bridgehead atoms. The van der Waals surface area contributed by atoms with Gasteiger partial charge in [-0.15, -0.1) is 0 Å².